The Bertz CT molecular complexity index is 395. The summed E-state index contributed by atoms with van der Waals surface area (Å²) in [4.78, 5) is 13.9. The van der Waals surface area contributed by atoms with Crippen LogP contribution in [-0.2, 0) is 11.2 Å². The molecule has 0 saturated carbocycles. The number of rotatable bonds is 6. The lowest BCUT2D eigenvalue weighted by Crippen LogP contribution is -2.36. The summed E-state index contributed by atoms with van der Waals surface area (Å²) in [7, 11) is 1.84. The summed E-state index contributed by atoms with van der Waals surface area (Å²) < 4.78 is 0. The zero-order valence-electron chi connectivity index (χ0n) is 11.2. The third kappa shape index (κ3) is 4.61. The summed E-state index contributed by atoms with van der Waals surface area (Å²) in [6, 6.07) is 7.12. The van der Waals surface area contributed by atoms with Gasteiger partial charge in [-0.1, -0.05) is 12.1 Å². The molecule has 0 aliphatic heterocycles. The molecule has 3 nitrogen and oxygen atoms in total. The van der Waals surface area contributed by atoms with Crippen molar-refractivity contribution >= 4 is 17.7 Å². The Morgan fingerprint density at radius 3 is 2.83 bits per heavy atom. The number of phenols is 1. The molecular weight excluding hydrogens is 246 g/mol. The Kier molecular flexibility index (Phi) is 6.05. The third-order valence-corrected chi connectivity index (χ3v) is 3.70. The van der Waals surface area contributed by atoms with Crippen LogP contribution in [0.4, 0.5) is 0 Å². The maximum atomic E-state index is 12.1. The molecule has 1 rings (SSSR count). The highest BCUT2D eigenvalue weighted by Crippen LogP contribution is 2.13. The maximum absolute atomic E-state index is 12.1. The summed E-state index contributed by atoms with van der Waals surface area (Å²) >= 11 is 1.79. The van der Waals surface area contributed by atoms with E-state index in [4.69, 9.17) is 0 Å². The molecule has 0 bridgehead atoms. The molecule has 0 spiro atoms. The van der Waals surface area contributed by atoms with Crippen molar-refractivity contribution in [1.82, 2.24) is 4.90 Å². The SMILES string of the molecule is CSCC[C@H](C)N(C)C(=O)Cc1cccc(O)c1. The number of carbonyl (C=O) groups excluding carboxylic acids is 1. The van der Waals surface area contributed by atoms with Crippen molar-refractivity contribution in [3.63, 3.8) is 0 Å². The van der Waals surface area contributed by atoms with Gasteiger partial charge in [0, 0.05) is 13.1 Å². The Morgan fingerprint density at radius 1 is 1.50 bits per heavy atom. The molecule has 0 aliphatic carbocycles. The molecule has 0 radical (unpaired) electrons. The number of nitrogens with zero attached hydrogens (tertiary/aromatic N) is 1. The normalized spacial score (nSPS) is 12.2. The molecule has 0 aliphatic rings. The van der Waals surface area contributed by atoms with E-state index in [1.807, 2.05) is 13.1 Å². The van der Waals surface area contributed by atoms with Gasteiger partial charge in [-0.05, 0) is 43.0 Å². The second-order valence-electron chi connectivity index (χ2n) is 4.48. The molecule has 0 fully saturated rings. The van der Waals surface area contributed by atoms with Gasteiger partial charge in [0.15, 0.2) is 0 Å². The maximum Gasteiger partial charge on any atom is 0.226 e. The molecule has 0 aromatic heterocycles. The summed E-state index contributed by atoms with van der Waals surface area (Å²) in [6.07, 6.45) is 3.42. The summed E-state index contributed by atoms with van der Waals surface area (Å²) in [5.41, 5.74) is 0.851. The highest BCUT2D eigenvalue weighted by molar-refractivity contribution is 7.98. The van der Waals surface area contributed by atoms with Crippen LogP contribution in [0.25, 0.3) is 0 Å². The van der Waals surface area contributed by atoms with Crippen molar-refractivity contribution in [2.45, 2.75) is 25.8 Å². The summed E-state index contributed by atoms with van der Waals surface area (Å²) in [5.74, 6) is 1.36. The van der Waals surface area contributed by atoms with Crippen molar-refractivity contribution in [1.29, 1.82) is 0 Å². The van der Waals surface area contributed by atoms with Crippen molar-refractivity contribution in [3.8, 4) is 5.75 Å². The number of benzene rings is 1. The number of hydrogen-bond acceptors (Lipinski definition) is 3. The monoisotopic (exact) mass is 267 g/mol. The molecule has 0 saturated heterocycles. The quantitative estimate of drug-likeness (QED) is 0.861. The fourth-order valence-electron chi connectivity index (χ4n) is 1.69. The lowest BCUT2D eigenvalue weighted by atomic mass is 10.1. The van der Waals surface area contributed by atoms with Crippen LogP contribution in [0.15, 0.2) is 24.3 Å². The van der Waals surface area contributed by atoms with Crippen LogP contribution in [0.1, 0.15) is 18.9 Å². The van der Waals surface area contributed by atoms with E-state index in [2.05, 4.69) is 13.2 Å². The molecule has 18 heavy (non-hydrogen) atoms. The molecule has 4 heteroatoms. The molecule has 0 unspecified atom stereocenters. The van der Waals surface area contributed by atoms with Crippen LogP contribution in [-0.4, -0.2) is 41.0 Å². The fraction of sp³-hybridized carbons (Fsp3) is 0.500. The van der Waals surface area contributed by atoms with E-state index in [-0.39, 0.29) is 17.7 Å². The number of thioether (sulfide) groups is 1. The predicted octanol–water partition coefficient (Wildman–Crippen LogP) is 2.53. The van der Waals surface area contributed by atoms with Gasteiger partial charge in [-0.25, -0.2) is 0 Å². The van der Waals surface area contributed by atoms with Crippen LogP contribution in [0.2, 0.25) is 0 Å². The summed E-state index contributed by atoms with van der Waals surface area (Å²) in [6.45, 7) is 2.07. The van der Waals surface area contributed by atoms with Crippen molar-refractivity contribution in [2.75, 3.05) is 19.1 Å². The number of amides is 1. The number of aromatic hydroxyl groups is 1. The van der Waals surface area contributed by atoms with E-state index < -0.39 is 0 Å². The first-order valence-corrected chi connectivity index (χ1v) is 7.46. The van der Waals surface area contributed by atoms with Crippen molar-refractivity contribution in [2.24, 2.45) is 0 Å². The second kappa shape index (κ2) is 7.31. The van der Waals surface area contributed by atoms with Crippen LogP contribution >= 0.6 is 11.8 Å². The van der Waals surface area contributed by atoms with E-state index in [0.717, 1.165) is 17.7 Å². The van der Waals surface area contributed by atoms with E-state index >= 15 is 0 Å². The Labute approximate surface area is 113 Å². The molecular formula is C14H21NO2S. The van der Waals surface area contributed by atoms with Crippen LogP contribution in [0.5, 0.6) is 5.75 Å². The minimum atomic E-state index is 0.0919. The lowest BCUT2D eigenvalue weighted by molar-refractivity contribution is -0.130. The average Bonchev–Trinajstić information content (AvgIpc) is 2.35. The van der Waals surface area contributed by atoms with Gasteiger partial charge in [-0.15, -0.1) is 0 Å². The van der Waals surface area contributed by atoms with Gasteiger partial charge in [-0.2, -0.15) is 11.8 Å². The first-order chi connectivity index (χ1) is 8.54. The highest BCUT2D eigenvalue weighted by atomic mass is 32.2. The smallest absolute Gasteiger partial charge is 0.226 e. The van der Waals surface area contributed by atoms with Crippen LogP contribution in [0.3, 0.4) is 0 Å². The van der Waals surface area contributed by atoms with E-state index in [0.29, 0.717) is 6.42 Å². The van der Waals surface area contributed by atoms with Gasteiger partial charge in [0.25, 0.3) is 0 Å². The topological polar surface area (TPSA) is 40.5 Å². The second-order valence-corrected chi connectivity index (χ2v) is 5.47. The number of carbonyl (C=O) groups is 1. The van der Waals surface area contributed by atoms with Crippen molar-refractivity contribution in [3.05, 3.63) is 29.8 Å². The number of phenolic OH excluding ortho intramolecular Hbond substituents is 1. The molecule has 1 amide bonds. The molecule has 100 valence electrons. The fourth-order valence-corrected chi connectivity index (χ4v) is 2.27. The predicted molar refractivity (Wildman–Crippen MR) is 77.0 cm³/mol. The zero-order valence-corrected chi connectivity index (χ0v) is 12.0. The highest BCUT2D eigenvalue weighted by Gasteiger charge is 2.15. The molecule has 0 heterocycles. The Hall–Kier alpha value is -1.16. The molecule has 1 aromatic carbocycles. The van der Waals surface area contributed by atoms with Gasteiger partial charge in [0.2, 0.25) is 5.91 Å². The van der Waals surface area contributed by atoms with E-state index in [1.165, 1.54) is 0 Å². The lowest BCUT2D eigenvalue weighted by Gasteiger charge is -2.25. The molecule has 1 aromatic rings. The summed E-state index contributed by atoms with van der Waals surface area (Å²) in [5, 5.41) is 9.36. The molecule has 1 atom stereocenters. The standard InChI is InChI=1S/C14H21NO2S/c1-11(7-8-18-3)15(2)14(17)10-12-5-4-6-13(16)9-12/h4-6,9,11,16H,7-8,10H2,1-3H3/t11-/m0/s1. The zero-order chi connectivity index (χ0) is 13.5. The Morgan fingerprint density at radius 2 is 2.22 bits per heavy atom. The molecule has 1 N–H and O–H groups in total. The van der Waals surface area contributed by atoms with Crippen LogP contribution in [0, 0.1) is 0 Å². The first-order valence-electron chi connectivity index (χ1n) is 6.07. The number of likely N-dealkylation sites (N-methyl/N-ethyl adjacent to an activating group) is 1. The number of hydrogen-bond donors (Lipinski definition) is 1. The Balaban J connectivity index is 2.54. The largest absolute Gasteiger partial charge is 0.508 e. The van der Waals surface area contributed by atoms with Gasteiger partial charge < -0.3 is 10.0 Å². The van der Waals surface area contributed by atoms with E-state index in [1.54, 1.807) is 34.9 Å². The first kappa shape index (κ1) is 14.9. The van der Waals surface area contributed by atoms with Crippen LogP contribution < -0.4 is 0 Å². The third-order valence-electron chi connectivity index (χ3n) is 3.06. The average molecular weight is 267 g/mol. The van der Waals surface area contributed by atoms with Gasteiger partial charge in [0.05, 0.1) is 6.42 Å². The van der Waals surface area contributed by atoms with Gasteiger partial charge in [0.1, 0.15) is 5.75 Å². The minimum absolute atomic E-state index is 0.0919. The van der Waals surface area contributed by atoms with Gasteiger partial charge >= 0.3 is 0 Å². The van der Waals surface area contributed by atoms with Gasteiger partial charge in [-0.3, -0.25) is 4.79 Å². The van der Waals surface area contributed by atoms with Crippen molar-refractivity contribution < 1.29 is 9.90 Å². The van der Waals surface area contributed by atoms with E-state index in [9.17, 15) is 9.90 Å². The minimum Gasteiger partial charge on any atom is -0.508 e.